The fourth-order valence-corrected chi connectivity index (χ4v) is 3.57. The predicted octanol–water partition coefficient (Wildman–Crippen LogP) is 3.54. The summed E-state index contributed by atoms with van der Waals surface area (Å²) in [5.41, 5.74) is 2.10. The number of rotatable bonds is 8. The van der Waals surface area contributed by atoms with Gasteiger partial charge in [0.05, 0.1) is 23.6 Å². The summed E-state index contributed by atoms with van der Waals surface area (Å²) in [4.78, 5) is 32.8. The summed E-state index contributed by atoms with van der Waals surface area (Å²) < 4.78 is 19.9. The molecule has 0 amide bonds. The second-order valence-corrected chi connectivity index (χ2v) is 7.83. The molecule has 162 valence electrons. The molecule has 0 aliphatic heterocycles. The maximum Gasteiger partial charge on any atom is 0.224 e. The molecule has 32 heavy (non-hydrogen) atoms. The fourth-order valence-electron chi connectivity index (χ4n) is 3.57. The van der Waals surface area contributed by atoms with Gasteiger partial charge in [-0.3, -0.25) is 4.79 Å². The van der Waals surface area contributed by atoms with Crippen LogP contribution in [0.3, 0.4) is 0 Å². The number of hydrogen-bond acceptors (Lipinski definition) is 7. The summed E-state index contributed by atoms with van der Waals surface area (Å²) in [6.45, 7) is 0.787. The number of halogens is 1. The van der Waals surface area contributed by atoms with Gasteiger partial charge in [-0.1, -0.05) is 6.07 Å². The maximum atomic E-state index is 14.9. The van der Waals surface area contributed by atoms with Crippen molar-refractivity contribution >= 4 is 22.6 Å². The van der Waals surface area contributed by atoms with E-state index in [2.05, 4.69) is 30.2 Å². The lowest BCUT2D eigenvalue weighted by Crippen LogP contribution is -2.10. The molecule has 0 saturated heterocycles. The number of nitrogens with zero attached hydrogens (tertiary/aromatic N) is 4. The summed E-state index contributed by atoms with van der Waals surface area (Å²) in [6.07, 6.45) is 7.40. The van der Waals surface area contributed by atoms with Crippen molar-refractivity contribution in [2.24, 2.45) is 5.92 Å². The van der Waals surface area contributed by atoms with Crippen molar-refractivity contribution in [1.82, 2.24) is 24.9 Å². The molecular weight excluding hydrogens is 411 g/mol. The van der Waals surface area contributed by atoms with Gasteiger partial charge < -0.3 is 15.0 Å². The van der Waals surface area contributed by atoms with E-state index < -0.39 is 11.7 Å². The van der Waals surface area contributed by atoms with E-state index in [1.54, 1.807) is 31.6 Å². The van der Waals surface area contributed by atoms with Crippen molar-refractivity contribution in [1.29, 1.82) is 0 Å². The number of aromatic amines is 1. The topological polar surface area (TPSA) is 106 Å². The Labute approximate surface area is 183 Å². The van der Waals surface area contributed by atoms with Gasteiger partial charge in [0.1, 0.15) is 17.8 Å². The van der Waals surface area contributed by atoms with Crippen molar-refractivity contribution in [3.05, 3.63) is 71.3 Å². The van der Waals surface area contributed by atoms with Gasteiger partial charge in [-0.2, -0.15) is 4.39 Å². The molecule has 4 heterocycles. The van der Waals surface area contributed by atoms with Gasteiger partial charge in [-0.25, -0.2) is 19.9 Å². The number of aromatic nitrogens is 5. The van der Waals surface area contributed by atoms with Crippen LogP contribution in [-0.2, 0) is 6.42 Å². The first-order valence-electron chi connectivity index (χ1n) is 10.4. The highest BCUT2D eigenvalue weighted by Crippen LogP contribution is 2.31. The number of ketones is 1. The minimum Gasteiger partial charge on any atom is -0.481 e. The van der Waals surface area contributed by atoms with Crippen LogP contribution in [0.4, 0.5) is 10.2 Å². The molecule has 0 radical (unpaired) electrons. The van der Waals surface area contributed by atoms with E-state index in [4.69, 9.17) is 4.74 Å². The average Bonchev–Trinajstić information content (AvgIpc) is 3.54. The number of methoxy groups -OCH3 is 1. The first-order valence-corrected chi connectivity index (χ1v) is 10.4. The monoisotopic (exact) mass is 432 g/mol. The largest absolute Gasteiger partial charge is 0.481 e. The molecule has 1 saturated carbocycles. The van der Waals surface area contributed by atoms with Gasteiger partial charge in [0, 0.05) is 37.1 Å². The number of anilines is 1. The number of nitrogens with one attached hydrogen (secondary N) is 2. The van der Waals surface area contributed by atoms with E-state index in [1.165, 1.54) is 25.2 Å². The smallest absolute Gasteiger partial charge is 0.224 e. The Kier molecular flexibility index (Phi) is 5.22. The standard InChI is InChI=1S/C23H21FN6O2/c1-32-18-7-4-14(10-25-18)8-15-5-6-16(21(24)30-15)20(31)17-11-27-23-19(17)22(28-12-29-23)26-9-13-2-3-13/h4-7,10-13H,2-3,8-9H2,1H3,(H2,26,27,28,29). The van der Waals surface area contributed by atoms with Gasteiger partial charge in [-0.05, 0) is 36.5 Å². The Morgan fingerprint density at radius 3 is 2.78 bits per heavy atom. The zero-order valence-electron chi connectivity index (χ0n) is 17.4. The van der Waals surface area contributed by atoms with Crippen LogP contribution in [0.5, 0.6) is 5.88 Å². The molecule has 1 aliphatic carbocycles. The Balaban J connectivity index is 1.40. The van der Waals surface area contributed by atoms with Gasteiger partial charge in [0.2, 0.25) is 11.8 Å². The van der Waals surface area contributed by atoms with E-state index in [0.29, 0.717) is 46.3 Å². The summed E-state index contributed by atoms with van der Waals surface area (Å²) >= 11 is 0. The van der Waals surface area contributed by atoms with Gasteiger partial charge in [0.15, 0.2) is 5.78 Å². The van der Waals surface area contributed by atoms with Crippen molar-refractivity contribution in [3.8, 4) is 5.88 Å². The number of pyridine rings is 2. The Bertz CT molecular complexity index is 1280. The molecule has 9 heteroatoms. The van der Waals surface area contributed by atoms with Crippen molar-refractivity contribution in [3.63, 3.8) is 0 Å². The molecule has 1 aliphatic rings. The first-order chi connectivity index (χ1) is 15.6. The molecule has 1 fully saturated rings. The molecule has 0 aromatic carbocycles. The Hall–Kier alpha value is -3.88. The minimum atomic E-state index is -0.812. The SMILES string of the molecule is COc1ccc(Cc2ccc(C(=O)c3c[nH]c4ncnc(NCC5CC5)c34)c(F)n2)cn1. The van der Waals surface area contributed by atoms with E-state index in [0.717, 1.165) is 12.1 Å². The predicted molar refractivity (Wildman–Crippen MR) is 116 cm³/mol. The van der Waals surface area contributed by atoms with Crippen molar-refractivity contribution in [2.45, 2.75) is 19.3 Å². The number of ether oxygens (including phenoxy) is 1. The van der Waals surface area contributed by atoms with Gasteiger partial charge in [0.25, 0.3) is 0 Å². The fraction of sp³-hybridized carbons (Fsp3) is 0.261. The van der Waals surface area contributed by atoms with E-state index in [9.17, 15) is 9.18 Å². The third kappa shape index (κ3) is 4.01. The van der Waals surface area contributed by atoms with Crippen LogP contribution in [0.1, 0.15) is 40.0 Å². The third-order valence-corrected chi connectivity index (χ3v) is 5.51. The lowest BCUT2D eigenvalue weighted by atomic mass is 10.0. The molecule has 0 bridgehead atoms. The lowest BCUT2D eigenvalue weighted by Gasteiger charge is -2.08. The van der Waals surface area contributed by atoms with E-state index in [-0.39, 0.29) is 5.56 Å². The van der Waals surface area contributed by atoms with Crippen LogP contribution >= 0.6 is 0 Å². The van der Waals surface area contributed by atoms with Crippen LogP contribution in [0.15, 0.2) is 43.0 Å². The zero-order valence-corrected chi connectivity index (χ0v) is 17.4. The molecule has 8 nitrogen and oxygen atoms in total. The third-order valence-electron chi connectivity index (χ3n) is 5.51. The Morgan fingerprint density at radius 2 is 2.06 bits per heavy atom. The van der Waals surface area contributed by atoms with E-state index in [1.807, 2.05) is 6.07 Å². The van der Waals surface area contributed by atoms with Gasteiger partial charge >= 0.3 is 0 Å². The summed E-state index contributed by atoms with van der Waals surface area (Å²) in [6, 6.07) is 6.69. The molecule has 0 atom stereocenters. The number of carbonyl (C=O) groups excluding carboxylic acids is 1. The first kappa shape index (κ1) is 20.0. The molecule has 4 aromatic rings. The quantitative estimate of drug-likeness (QED) is 0.324. The summed E-state index contributed by atoms with van der Waals surface area (Å²) in [5, 5.41) is 3.86. The summed E-state index contributed by atoms with van der Waals surface area (Å²) in [5.74, 6) is 0.426. The number of H-pyrrole nitrogens is 1. The van der Waals surface area contributed by atoms with Crippen molar-refractivity contribution < 1.29 is 13.9 Å². The number of carbonyl (C=O) groups is 1. The second kappa shape index (κ2) is 8.33. The average molecular weight is 432 g/mol. The van der Waals surface area contributed by atoms with Crippen LogP contribution in [0.2, 0.25) is 0 Å². The molecule has 0 spiro atoms. The highest BCUT2D eigenvalue weighted by Gasteiger charge is 2.24. The number of hydrogen-bond donors (Lipinski definition) is 2. The van der Waals surface area contributed by atoms with Crippen LogP contribution < -0.4 is 10.1 Å². The maximum absolute atomic E-state index is 14.9. The molecular formula is C23H21FN6O2. The van der Waals surface area contributed by atoms with Crippen LogP contribution in [0, 0.1) is 11.9 Å². The number of fused-ring (bicyclic) bond motifs is 1. The van der Waals surface area contributed by atoms with Gasteiger partial charge in [-0.15, -0.1) is 0 Å². The second-order valence-electron chi connectivity index (χ2n) is 7.83. The van der Waals surface area contributed by atoms with Crippen LogP contribution in [-0.4, -0.2) is 44.4 Å². The van der Waals surface area contributed by atoms with Crippen LogP contribution in [0.25, 0.3) is 11.0 Å². The molecule has 4 aromatic heterocycles. The zero-order chi connectivity index (χ0) is 22.1. The molecule has 2 N–H and O–H groups in total. The van der Waals surface area contributed by atoms with E-state index >= 15 is 0 Å². The lowest BCUT2D eigenvalue weighted by molar-refractivity contribution is 0.103. The minimum absolute atomic E-state index is 0.0977. The highest BCUT2D eigenvalue weighted by atomic mass is 19.1. The van der Waals surface area contributed by atoms with Crippen molar-refractivity contribution in [2.75, 3.05) is 19.0 Å². The highest BCUT2D eigenvalue weighted by molar-refractivity contribution is 6.18. The Morgan fingerprint density at radius 1 is 1.19 bits per heavy atom. The normalized spacial score (nSPS) is 13.3. The molecule has 0 unspecified atom stereocenters. The summed E-state index contributed by atoms with van der Waals surface area (Å²) in [7, 11) is 1.54. The molecule has 5 rings (SSSR count).